The SMILES string of the molecule is CCCCCCCCCCCCCCCc1ccc2c(c1)C(=O)OC2=S. The van der Waals surface area contributed by atoms with E-state index in [1.54, 1.807) is 0 Å². The minimum atomic E-state index is -0.294. The Morgan fingerprint density at radius 3 is 1.88 bits per heavy atom. The summed E-state index contributed by atoms with van der Waals surface area (Å²) in [7, 11) is 0. The fourth-order valence-electron chi connectivity index (χ4n) is 3.63. The summed E-state index contributed by atoms with van der Waals surface area (Å²) in [6.07, 6.45) is 18.8. The monoisotopic (exact) mass is 374 g/mol. The van der Waals surface area contributed by atoms with E-state index in [1.165, 1.54) is 89.0 Å². The highest BCUT2D eigenvalue weighted by Crippen LogP contribution is 2.23. The van der Waals surface area contributed by atoms with E-state index < -0.39 is 0 Å². The van der Waals surface area contributed by atoms with Crippen LogP contribution in [0, 0.1) is 0 Å². The summed E-state index contributed by atoms with van der Waals surface area (Å²) >= 11 is 5.05. The number of benzene rings is 1. The van der Waals surface area contributed by atoms with Crippen LogP contribution in [-0.4, -0.2) is 11.0 Å². The van der Waals surface area contributed by atoms with Crippen LogP contribution in [0.25, 0.3) is 0 Å². The van der Waals surface area contributed by atoms with E-state index in [-0.39, 0.29) is 5.97 Å². The number of hydrogen-bond acceptors (Lipinski definition) is 3. The van der Waals surface area contributed by atoms with E-state index in [0.717, 1.165) is 12.0 Å². The number of unbranched alkanes of at least 4 members (excludes halogenated alkanes) is 12. The molecule has 0 atom stereocenters. The van der Waals surface area contributed by atoms with Gasteiger partial charge >= 0.3 is 5.97 Å². The predicted octanol–water partition coefficient (Wildman–Crippen LogP) is 7.17. The molecular formula is C23H34O2S. The first-order valence-electron chi connectivity index (χ1n) is 10.6. The zero-order valence-electron chi connectivity index (χ0n) is 16.4. The lowest BCUT2D eigenvalue weighted by Crippen LogP contribution is -1.96. The van der Waals surface area contributed by atoms with Gasteiger partial charge in [-0.1, -0.05) is 90.0 Å². The van der Waals surface area contributed by atoms with Gasteiger partial charge in [-0.3, -0.25) is 0 Å². The molecule has 0 bridgehead atoms. The molecule has 1 aromatic carbocycles. The Morgan fingerprint density at radius 1 is 0.769 bits per heavy atom. The number of aryl methyl sites for hydroxylation is 1. The van der Waals surface area contributed by atoms with Crippen LogP contribution in [0.4, 0.5) is 0 Å². The van der Waals surface area contributed by atoms with Crippen molar-refractivity contribution in [1.29, 1.82) is 0 Å². The second kappa shape index (κ2) is 12.2. The first-order valence-corrected chi connectivity index (χ1v) is 11.0. The molecule has 144 valence electrons. The predicted molar refractivity (Wildman–Crippen MR) is 113 cm³/mol. The largest absolute Gasteiger partial charge is 0.410 e. The van der Waals surface area contributed by atoms with E-state index in [1.807, 2.05) is 12.1 Å². The molecule has 0 spiro atoms. The lowest BCUT2D eigenvalue weighted by atomic mass is 10.0. The van der Waals surface area contributed by atoms with Crippen LogP contribution >= 0.6 is 12.2 Å². The third kappa shape index (κ3) is 7.19. The fraction of sp³-hybridized carbons (Fsp3) is 0.652. The molecule has 1 heterocycles. The number of esters is 1. The van der Waals surface area contributed by atoms with Crippen LogP contribution in [0.15, 0.2) is 18.2 Å². The molecular weight excluding hydrogens is 340 g/mol. The van der Waals surface area contributed by atoms with Gasteiger partial charge in [-0.2, -0.15) is 0 Å². The zero-order valence-corrected chi connectivity index (χ0v) is 17.2. The van der Waals surface area contributed by atoms with E-state index in [0.29, 0.717) is 10.6 Å². The molecule has 0 fully saturated rings. The minimum absolute atomic E-state index is 0.294. The standard InChI is InChI=1S/C23H34O2S/c1-2-3-4-5-6-7-8-9-10-11-12-13-14-15-19-16-17-20-21(18-19)22(24)25-23(20)26/h16-18H,2-15H2,1H3. The van der Waals surface area contributed by atoms with Crippen LogP contribution in [-0.2, 0) is 11.2 Å². The molecule has 0 amide bonds. The van der Waals surface area contributed by atoms with Crippen molar-refractivity contribution in [3.8, 4) is 0 Å². The Hall–Kier alpha value is -1.22. The number of rotatable bonds is 14. The molecule has 1 aromatic rings. The van der Waals surface area contributed by atoms with Gasteiger partial charge in [-0.25, -0.2) is 4.79 Å². The van der Waals surface area contributed by atoms with Crippen molar-refractivity contribution in [3.05, 3.63) is 34.9 Å². The Labute approximate surface area is 164 Å². The van der Waals surface area contributed by atoms with Crippen LogP contribution in [0.3, 0.4) is 0 Å². The number of ether oxygens (including phenoxy) is 1. The Bertz CT molecular complexity index is 580. The van der Waals surface area contributed by atoms with Crippen LogP contribution in [0.1, 0.15) is 112 Å². The van der Waals surface area contributed by atoms with Crippen molar-refractivity contribution in [1.82, 2.24) is 0 Å². The van der Waals surface area contributed by atoms with Gasteiger partial charge in [0, 0.05) is 5.56 Å². The van der Waals surface area contributed by atoms with Gasteiger partial charge in [0.2, 0.25) is 5.05 Å². The van der Waals surface area contributed by atoms with Gasteiger partial charge in [-0.15, -0.1) is 0 Å². The lowest BCUT2D eigenvalue weighted by molar-refractivity contribution is 0.0741. The third-order valence-electron chi connectivity index (χ3n) is 5.28. The molecule has 0 aliphatic carbocycles. The molecule has 0 radical (unpaired) electrons. The number of fused-ring (bicyclic) bond motifs is 1. The summed E-state index contributed by atoms with van der Waals surface area (Å²) in [4.78, 5) is 11.7. The number of carbonyl (C=O) groups is 1. The fourth-order valence-corrected chi connectivity index (χ4v) is 3.89. The molecule has 2 nitrogen and oxygen atoms in total. The highest BCUT2D eigenvalue weighted by atomic mass is 32.1. The zero-order chi connectivity index (χ0) is 18.6. The Morgan fingerprint density at radius 2 is 1.31 bits per heavy atom. The van der Waals surface area contributed by atoms with Gasteiger partial charge in [-0.05, 0) is 42.8 Å². The maximum atomic E-state index is 11.7. The molecule has 0 saturated carbocycles. The third-order valence-corrected chi connectivity index (χ3v) is 5.58. The van der Waals surface area contributed by atoms with E-state index in [2.05, 4.69) is 13.0 Å². The van der Waals surface area contributed by atoms with Crippen molar-refractivity contribution in [2.45, 2.75) is 96.8 Å². The summed E-state index contributed by atoms with van der Waals surface area (Å²) in [5.41, 5.74) is 2.63. The molecule has 0 saturated heterocycles. The van der Waals surface area contributed by atoms with Gasteiger partial charge in [0.1, 0.15) is 0 Å². The molecule has 0 aromatic heterocycles. The molecule has 0 N–H and O–H groups in total. The number of hydrogen-bond donors (Lipinski definition) is 0. The summed E-state index contributed by atoms with van der Waals surface area (Å²) < 4.78 is 5.00. The van der Waals surface area contributed by atoms with Crippen molar-refractivity contribution in [3.63, 3.8) is 0 Å². The highest BCUT2D eigenvalue weighted by molar-refractivity contribution is 7.80. The summed E-state index contributed by atoms with van der Waals surface area (Å²) in [5, 5.41) is 0.317. The highest BCUT2D eigenvalue weighted by Gasteiger charge is 2.26. The first kappa shape index (κ1) is 21.1. The number of carbonyl (C=O) groups excluding carboxylic acids is 1. The smallest absolute Gasteiger partial charge is 0.345 e. The van der Waals surface area contributed by atoms with E-state index >= 15 is 0 Å². The van der Waals surface area contributed by atoms with Gasteiger partial charge in [0.05, 0.1) is 5.56 Å². The maximum absolute atomic E-state index is 11.7. The van der Waals surface area contributed by atoms with Crippen LogP contribution in [0.2, 0.25) is 0 Å². The number of thiocarbonyl (C=S) groups is 1. The first-order chi connectivity index (χ1) is 12.7. The topological polar surface area (TPSA) is 26.3 Å². The molecule has 2 rings (SSSR count). The second-order valence-electron chi connectivity index (χ2n) is 7.55. The van der Waals surface area contributed by atoms with Crippen molar-refractivity contribution >= 4 is 23.2 Å². The number of cyclic esters (lactones) is 1. The van der Waals surface area contributed by atoms with Crippen molar-refractivity contribution in [2.75, 3.05) is 0 Å². The normalized spacial score (nSPS) is 13.1. The molecule has 1 aliphatic heterocycles. The van der Waals surface area contributed by atoms with Gasteiger partial charge < -0.3 is 4.74 Å². The quantitative estimate of drug-likeness (QED) is 0.196. The van der Waals surface area contributed by atoms with Gasteiger partial charge in [0.25, 0.3) is 0 Å². The Kier molecular flexibility index (Phi) is 9.91. The molecule has 3 heteroatoms. The van der Waals surface area contributed by atoms with Crippen molar-refractivity contribution < 1.29 is 9.53 Å². The summed E-state index contributed by atoms with van der Waals surface area (Å²) in [6, 6.07) is 5.96. The average Bonchev–Trinajstić information content (AvgIpc) is 2.93. The van der Waals surface area contributed by atoms with Crippen molar-refractivity contribution in [2.24, 2.45) is 0 Å². The molecule has 26 heavy (non-hydrogen) atoms. The maximum Gasteiger partial charge on any atom is 0.345 e. The molecule has 1 aliphatic rings. The van der Waals surface area contributed by atoms with E-state index in [9.17, 15) is 4.79 Å². The van der Waals surface area contributed by atoms with Gasteiger partial charge in [0.15, 0.2) is 0 Å². The Balaban J connectivity index is 1.46. The second-order valence-corrected chi connectivity index (χ2v) is 7.92. The summed E-state index contributed by atoms with van der Waals surface area (Å²) in [5.74, 6) is -0.294. The lowest BCUT2D eigenvalue weighted by Gasteiger charge is -2.04. The molecule has 0 unspecified atom stereocenters. The van der Waals surface area contributed by atoms with Crippen LogP contribution in [0.5, 0.6) is 0 Å². The minimum Gasteiger partial charge on any atom is -0.410 e. The van der Waals surface area contributed by atoms with E-state index in [4.69, 9.17) is 17.0 Å². The summed E-state index contributed by atoms with van der Waals surface area (Å²) in [6.45, 7) is 2.28. The average molecular weight is 375 g/mol. The van der Waals surface area contributed by atoms with Crippen LogP contribution < -0.4 is 0 Å².